The Balaban J connectivity index is 0.970. The Morgan fingerprint density at radius 3 is 1.13 bits per heavy atom. The summed E-state index contributed by atoms with van der Waals surface area (Å²) < 4.78 is 12.6. The van der Waals surface area contributed by atoms with Crippen LogP contribution in [0, 0.1) is 0 Å². The second kappa shape index (κ2) is 15.4. The first-order valence-corrected chi connectivity index (χ1v) is 23.3. The molecule has 0 amide bonds. The highest BCUT2D eigenvalue weighted by molar-refractivity contribution is 5.98. The number of aromatic nitrogens is 2. The number of oxazole rings is 2. The monoisotopic (exact) mass is 884 g/mol. The summed E-state index contributed by atoms with van der Waals surface area (Å²) >= 11 is 0. The maximum Gasteiger partial charge on any atom is 0.227 e. The molecule has 12 aromatic rings. The zero-order valence-corrected chi connectivity index (χ0v) is 37.2. The van der Waals surface area contributed by atoms with Gasteiger partial charge in [0.05, 0.1) is 5.41 Å². The molecule has 0 aliphatic heterocycles. The van der Waals surface area contributed by atoms with Crippen molar-refractivity contribution in [3.63, 3.8) is 0 Å². The fourth-order valence-corrected chi connectivity index (χ4v) is 11.0. The van der Waals surface area contributed by atoms with Crippen LogP contribution in [0.4, 0.5) is 34.1 Å². The van der Waals surface area contributed by atoms with E-state index < -0.39 is 5.41 Å². The summed E-state index contributed by atoms with van der Waals surface area (Å²) in [5.74, 6) is 1.18. The molecule has 14 rings (SSSR count). The Labute approximate surface area is 398 Å². The van der Waals surface area contributed by atoms with Crippen molar-refractivity contribution in [2.24, 2.45) is 0 Å². The fourth-order valence-electron chi connectivity index (χ4n) is 11.0. The van der Waals surface area contributed by atoms with Crippen molar-refractivity contribution in [3.05, 3.63) is 265 Å². The van der Waals surface area contributed by atoms with E-state index in [4.69, 9.17) is 18.8 Å². The molecule has 2 aliphatic carbocycles. The highest BCUT2D eigenvalue weighted by atomic mass is 16.4. The van der Waals surface area contributed by atoms with Crippen molar-refractivity contribution >= 4 is 56.3 Å². The molecule has 1 spiro atoms. The lowest BCUT2D eigenvalue weighted by molar-refractivity contribution is 0.619. The SMILES string of the molecule is c1ccc(N(c2cccc(-c3nc4ccccc4o3)c2)c2ccc3c(c2)C2(c4ccccc4-c4ccccc42)c2cc(N(c4ccccc4)c4cccc(-c5nc6ccccc6o5)c4)ccc2-3)cc1. The average Bonchev–Trinajstić information content (AvgIpc) is 4.19. The number of hydrogen-bond acceptors (Lipinski definition) is 6. The number of para-hydroxylation sites is 6. The molecular formula is C63H40N4O2. The molecule has 0 radical (unpaired) electrons. The van der Waals surface area contributed by atoms with E-state index in [0.29, 0.717) is 11.8 Å². The third-order valence-corrected chi connectivity index (χ3v) is 13.9. The molecule has 6 nitrogen and oxygen atoms in total. The molecule has 2 aliphatic rings. The van der Waals surface area contributed by atoms with Gasteiger partial charge in [0.1, 0.15) is 11.0 Å². The maximum atomic E-state index is 6.31. The zero-order chi connectivity index (χ0) is 45.5. The molecule has 0 bridgehead atoms. The summed E-state index contributed by atoms with van der Waals surface area (Å²) in [5, 5.41) is 0. The topological polar surface area (TPSA) is 58.5 Å². The molecular weight excluding hydrogens is 845 g/mol. The molecule has 0 unspecified atom stereocenters. The average molecular weight is 885 g/mol. The lowest BCUT2D eigenvalue weighted by Crippen LogP contribution is -2.26. The van der Waals surface area contributed by atoms with Crippen LogP contribution in [0.2, 0.25) is 0 Å². The predicted molar refractivity (Wildman–Crippen MR) is 278 cm³/mol. The van der Waals surface area contributed by atoms with Gasteiger partial charge in [0, 0.05) is 45.3 Å². The van der Waals surface area contributed by atoms with Crippen LogP contribution in [0.3, 0.4) is 0 Å². The summed E-state index contributed by atoms with van der Waals surface area (Å²) in [4.78, 5) is 14.5. The van der Waals surface area contributed by atoms with E-state index in [-0.39, 0.29) is 0 Å². The van der Waals surface area contributed by atoms with Gasteiger partial charge in [-0.05, 0) is 154 Å². The van der Waals surface area contributed by atoms with Crippen LogP contribution in [0.5, 0.6) is 0 Å². The summed E-state index contributed by atoms with van der Waals surface area (Å²) in [6.07, 6.45) is 0. The largest absolute Gasteiger partial charge is 0.436 e. The van der Waals surface area contributed by atoms with Gasteiger partial charge in [-0.25, -0.2) is 9.97 Å². The summed E-state index contributed by atoms with van der Waals surface area (Å²) in [7, 11) is 0. The Morgan fingerprint density at radius 1 is 0.290 bits per heavy atom. The Hall–Kier alpha value is -9.26. The van der Waals surface area contributed by atoms with Crippen LogP contribution < -0.4 is 9.80 Å². The van der Waals surface area contributed by atoms with Gasteiger partial charge >= 0.3 is 0 Å². The smallest absolute Gasteiger partial charge is 0.227 e. The van der Waals surface area contributed by atoms with Gasteiger partial charge < -0.3 is 18.6 Å². The highest BCUT2D eigenvalue weighted by Crippen LogP contribution is 2.64. The third kappa shape index (κ3) is 6.05. The van der Waals surface area contributed by atoms with Crippen molar-refractivity contribution in [2.45, 2.75) is 5.41 Å². The molecule has 0 N–H and O–H groups in total. The maximum absolute atomic E-state index is 6.31. The van der Waals surface area contributed by atoms with E-state index in [0.717, 1.165) is 67.5 Å². The van der Waals surface area contributed by atoms with Crippen LogP contribution in [0.25, 0.3) is 67.4 Å². The number of benzene rings is 10. The molecule has 0 atom stereocenters. The van der Waals surface area contributed by atoms with Gasteiger partial charge in [-0.3, -0.25) is 0 Å². The molecule has 2 heterocycles. The van der Waals surface area contributed by atoms with E-state index >= 15 is 0 Å². The molecule has 0 saturated carbocycles. The van der Waals surface area contributed by atoms with Crippen LogP contribution >= 0.6 is 0 Å². The third-order valence-electron chi connectivity index (χ3n) is 13.9. The normalized spacial score (nSPS) is 12.8. The van der Waals surface area contributed by atoms with E-state index in [1.807, 2.05) is 48.5 Å². The van der Waals surface area contributed by atoms with Gasteiger partial charge in [0.2, 0.25) is 11.8 Å². The predicted octanol–water partition coefficient (Wildman–Crippen LogP) is 16.6. The van der Waals surface area contributed by atoms with Crippen molar-refractivity contribution in [1.82, 2.24) is 9.97 Å². The van der Waals surface area contributed by atoms with Crippen LogP contribution in [0.1, 0.15) is 22.3 Å². The quantitative estimate of drug-likeness (QED) is 0.152. The van der Waals surface area contributed by atoms with Crippen molar-refractivity contribution in [2.75, 3.05) is 9.80 Å². The molecule has 324 valence electrons. The Bertz CT molecular complexity index is 3620. The minimum Gasteiger partial charge on any atom is -0.436 e. The van der Waals surface area contributed by atoms with Gasteiger partial charge in [-0.1, -0.05) is 133 Å². The number of fused-ring (bicyclic) bond motifs is 12. The Kier molecular flexibility index (Phi) is 8.70. The number of nitrogens with zero attached hydrogens (tertiary/aromatic N) is 4. The minimum absolute atomic E-state index is 0.590. The molecule has 0 fully saturated rings. The highest BCUT2D eigenvalue weighted by Gasteiger charge is 2.52. The van der Waals surface area contributed by atoms with Crippen molar-refractivity contribution in [1.29, 1.82) is 0 Å². The fraction of sp³-hybridized carbons (Fsp3) is 0.0159. The van der Waals surface area contributed by atoms with Gasteiger partial charge in [-0.15, -0.1) is 0 Å². The lowest BCUT2D eigenvalue weighted by Gasteiger charge is -2.33. The van der Waals surface area contributed by atoms with Crippen LogP contribution in [0.15, 0.2) is 251 Å². The minimum atomic E-state index is -0.630. The number of hydrogen-bond donors (Lipinski definition) is 0. The van der Waals surface area contributed by atoms with E-state index in [1.54, 1.807) is 0 Å². The summed E-state index contributed by atoms with van der Waals surface area (Å²) in [6.45, 7) is 0. The standard InChI is InChI=1S/C63H40N4O2/c1-3-19-43(20-4-1)66(45-23-15-17-41(37-45)61-64-57-29-11-13-31-59(57)68-61)47-33-35-51-52-36-34-48(40-56(52)63(55(51)39-47)53-27-9-7-25-49(53)50-26-8-10-28-54(50)63)67(44-21-5-2-6-22-44)46-24-16-18-42(38-46)62-65-58-30-12-14-32-60(58)69-62/h1-40H. The van der Waals surface area contributed by atoms with Crippen molar-refractivity contribution < 1.29 is 8.83 Å². The van der Waals surface area contributed by atoms with E-state index in [2.05, 4.69) is 204 Å². The lowest BCUT2D eigenvalue weighted by atomic mass is 9.70. The molecule has 0 saturated heterocycles. The second-order valence-electron chi connectivity index (χ2n) is 17.7. The van der Waals surface area contributed by atoms with Crippen LogP contribution in [-0.2, 0) is 5.41 Å². The number of rotatable bonds is 8. The molecule has 10 aromatic carbocycles. The summed E-state index contributed by atoms with van der Waals surface area (Å²) in [6, 6.07) is 86.2. The Morgan fingerprint density at radius 2 is 0.667 bits per heavy atom. The number of anilines is 6. The molecule has 69 heavy (non-hydrogen) atoms. The second-order valence-corrected chi connectivity index (χ2v) is 17.7. The van der Waals surface area contributed by atoms with Crippen LogP contribution in [-0.4, -0.2) is 9.97 Å². The van der Waals surface area contributed by atoms with Gasteiger partial charge in [0.15, 0.2) is 11.2 Å². The van der Waals surface area contributed by atoms with Gasteiger partial charge in [-0.2, -0.15) is 0 Å². The van der Waals surface area contributed by atoms with E-state index in [1.165, 1.54) is 44.5 Å². The molecule has 2 aromatic heterocycles. The first kappa shape index (κ1) is 39.0. The zero-order valence-electron chi connectivity index (χ0n) is 37.2. The first-order chi connectivity index (χ1) is 34.2. The summed E-state index contributed by atoms with van der Waals surface area (Å²) in [5.41, 5.74) is 20.5. The van der Waals surface area contributed by atoms with Gasteiger partial charge in [0.25, 0.3) is 0 Å². The van der Waals surface area contributed by atoms with E-state index in [9.17, 15) is 0 Å². The molecule has 6 heteroatoms. The first-order valence-electron chi connectivity index (χ1n) is 23.3. The van der Waals surface area contributed by atoms with Crippen molar-refractivity contribution in [3.8, 4) is 45.2 Å².